The Hall–Kier alpha value is -1.43. The number of benzene rings is 1. The summed E-state index contributed by atoms with van der Waals surface area (Å²) in [6, 6.07) is 0. The molecule has 2 heterocycles. The van der Waals surface area contributed by atoms with Crippen LogP contribution in [0.1, 0.15) is 63.9 Å². The Morgan fingerprint density at radius 2 is 1.58 bits per heavy atom. The molecule has 0 aromatic heterocycles. The SMILES string of the molecule is COCc1c2c(C)c3c(c1COCCCCCCOC2)COC3=O. The molecule has 0 spiro atoms. The summed E-state index contributed by atoms with van der Waals surface area (Å²) in [7, 11) is 1.69. The molecule has 2 aliphatic heterocycles. The van der Waals surface area contributed by atoms with Crippen LogP contribution in [-0.2, 0) is 45.4 Å². The molecule has 132 valence electrons. The molecular weight excluding hydrogens is 308 g/mol. The Kier molecular flexibility index (Phi) is 5.87. The number of ether oxygens (including phenoxy) is 4. The van der Waals surface area contributed by atoms with E-state index in [1.54, 1.807) is 7.11 Å². The van der Waals surface area contributed by atoms with Gasteiger partial charge >= 0.3 is 5.97 Å². The molecule has 0 aliphatic carbocycles. The van der Waals surface area contributed by atoms with Gasteiger partial charge in [0.1, 0.15) is 6.61 Å². The molecule has 0 fully saturated rings. The molecule has 0 amide bonds. The Bertz CT molecular complexity index is 609. The third-order valence-electron chi connectivity index (χ3n) is 4.88. The second-order valence-electron chi connectivity index (χ2n) is 6.44. The van der Waals surface area contributed by atoms with Crippen LogP contribution in [0.3, 0.4) is 0 Å². The van der Waals surface area contributed by atoms with E-state index in [1.165, 1.54) is 0 Å². The highest BCUT2D eigenvalue weighted by Crippen LogP contribution is 2.34. The standard InChI is InChI=1S/C19H26O5/c1-13-14-10-22-7-5-3-4-6-8-23-11-16(15(14)9-21-2)17-12-24-19(20)18(13)17/h3-12H2,1-2H3. The summed E-state index contributed by atoms with van der Waals surface area (Å²) < 4.78 is 22.5. The average molecular weight is 334 g/mol. The van der Waals surface area contributed by atoms with Crippen LogP contribution in [0.5, 0.6) is 0 Å². The second kappa shape index (κ2) is 8.10. The molecule has 0 radical (unpaired) electrons. The molecule has 0 unspecified atom stereocenters. The lowest BCUT2D eigenvalue weighted by Crippen LogP contribution is -2.13. The Morgan fingerprint density at radius 1 is 0.917 bits per heavy atom. The summed E-state index contributed by atoms with van der Waals surface area (Å²) in [4.78, 5) is 12.2. The minimum Gasteiger partial charge on any atom is -0.457 e. The molecule has 1 aromatic carbocycles. The van der Waals surface area contributed by atoms with Crippen molar-refractivity contribution in [1.82, 2.24) is 0 Å². The van der Waals surface area contributed by atoms with Crippen LogP contribution in [0.25, 0.3) is 0 Å². The molecule has 0 saturated heterocycles. The minimum absolute atomic E-state index is 0.238. The molecule has 0 saturated carbocycles. The van der Waals surface area contributed by atoms with E-state index in [2.05, 4.69) is 0 Å². The predicted molar refractivity (Wildman–Crippen MR) is 88.8 cm³/mol. The highest BCUT2D eigenvalue weighted by Gasteiger charge is 2.31. The first kappa shape index (κ1) is 17.4. The van der Waals surface area contributed by atoms with Crippen LogP contribution in [-0.4, -0.2) is 26.3 Å². The molecule has 5 nitrogen and oxygen atoms in total. The largest absolute Gasteiger partial charge is 0.457 e. The highest BCUT2D eigenvalue weighted by atomic mass is 16.5. The van der Waals surface area contributed by atoms with Crippen molar-refractivity contribution in [3.63, 3.8) is 0 Å². The molecule has 3 rings (SSSR count). The van der Waals surface area contributed by atoms with E-state index in [0.717, 1.165) is 66.7 Å². The van der Waals surface area contributed by atoms with Gasteiger partial charge in [0.2, 0.25) is 0 Å². The monoisotopic (exact) mass is 334 g/mol. The highest BCUT2D eigenvalue weighted by molar-refractivity contribution is 5.96. The van der Waals surface area contributed by atoms with Crippen LogP contribution in [0, 0.1) is 6.92 Å². The average Bonchev–Trinajstić information content (AvgIpc) is 2.96. The van der Waals surface area contributed by atoms with E-state index >= 15 is 0 Å². The molecule has 0 atom stereocenters. The van der Waals surface area contributed by atoms with Gasteiger partial charge in [0.25, 0.3) is 0 Å². The van der Waals surface area contributed by atoms with Gasteiger partial charge in [-0.1, -0.05) is 12.8 Å². The minimum atomic E-state index is -0.238. The van der Waals surface area contributed by atoms with Gasteiger partial charge in [-0.2, -0.15) is 0 Å². The summed E-state index contributed by atoms with van der Waals surface area (Å²) in [5, 5.41) is 0. The van der Waals surface area contributed by atoms with Gasteiger partial charge < -0.3 is 18.9 Å². The van der Waals surface area contributed by atoms with Crippen molar-refractivity contribution in [2.45, 2.75) is 59.0 Å². The van der Waals surface area contributed by atoms with Crippen LogP contribution < -0.4 is 0 Å². The smallest absolute Gasteiger partial charge is 0.339 e. The van der Waals surface area contributed by atoms with Crippen molar-refractivity contribution in [3.8, 4) is 0 Å². The molecule has 1 aromatic rings. The number of cyclic esters (lactones) is 1. The third kappa shape index (κ3) is 3.48. The fraction of sp³-hybridized carbons (Fsp3) is 0.632. The van der Waals surface area contributed by atoms with Gasteiger partial charge in [0.05, 0.1) is 25.4 Å². The summed E-state index contributed by atoms with van der Waals surface area (Å²) in [5.41, 5.74) is 5.79. The van der Waals surface area contributed by atoms with E-state index in [-0.39, 0.29) is 5.97 Å². The maximum atomic E-state index is 12.2. The topological polar surface area (TPSA) is 54.0 Å². The van der Waals surface area contributed by atoms with Crippen LogP contribution in [0.2, 0.25) is 0 Å². The Morgan fingerprint density at radius 3 is 2.25 bits per heavy atom. The zero-order valence-electron chi connectivity index (χ0n) is 14.6. The predicted octanol–water partition coefficient (Wildman–Crippen LogP) is 3.42. The molecular formula is C19H26O5. The summed E-state index contributed by atoms with van der Waals surface area (Å²) in [6.45, 7) is 5.25. The Labute approximate surface area is 143 Å². The zero-order valence-corrected chi connectivity index (χ0v) is 14.6. The summed E-state index contributed by atoms with van der Waals surface area (Å²) >= 11 is 0. The van der Waals surface area contributed by atoms with E-state index in [0.29, 0.717) is 32.0 Å². The summed E-state index contributed by atoms with van der Waals surface area (Å²) in [5.74, 6) is -0.238. The van der Waals surface area contributed by atoms with Crippen molar-refractivity contribution in [2.24, 2.45) is 0 Å². The lowest BCUT2D eigenvalue weighted by molar-refractivity contribution is 0.0532. The van der Waals surface area contributed by atoms with Crippen molar-refractivity contribution >= 4 is 5.97 Å². The van der Waals surface area contributed by atoms with Crippen molar-refractivity contribution in [1.29, 1.82) is 0 Å². The fourth-order valence-corrected chi connectivity index (χ4v) is 3.56. The number of hydrogen-bond acceptors (Lipinski definition) is 5. The quantitative estimate of drug-likeness (QED) is 0.776. The fourth-order valence-electron chi connectivity index (χ4n) is 3.56. The maximum Gasteiger partial charge on any atom is 0.339 e. The van der Waals surface area contributed by atoms with Crippen LogP contribution in [0.15, 0.2) is 0 Å². The first-order valence-corrected chi connectivity index (χ1v) is 8.71. The maximum absolute atomic E-state index is 12.2. The first-order valence-electron chi connectivity index (χ1n) is 8.71. The third-order valence-corrected chi connectivity index (χ3v) is 4.88. The normalized spacial score (nSPS) is 19.0. The lowest BCUT2D eigenvalue weighted by atomic mass is 9.88. The number of rotatable bonds is 2. The number of methoxy groups -OCH3 is 1. The van der Waals surface area contributed by atoms with Gasteiger partial charge in [0.15, 0.2) is 0 Å². The number of carbonyl (C=O) groups is 1. The first-order chi connectivity index (χ1) is 11.7. The van der Waals surface area contributed by atoms with Gasteiger partial charge in [-0.05, 0) is 42.0 Å². The second-order valence-corrected chi connectivity index (χ2v) is 6.44. The van der Waals surface area contributed by atoms with E-state index in [1.807, 2.05) is 6.92 Å². The molecule has 0 N–H and O–H groups in total. The lowest BCUT2D eigenvalue weighted by Gasteiger charge is -2.20. The van der Waals surface area contributed by atoms with Gasteiger partial charge in [-0.25, -0.2) is 4.79 Å². The molecule has 2 bridgehead atoms. The van der Waals surface area contributed by atoms with Gasteiger partial charge in [-0.3, -0.25) is 0 Å². The Balaban J connectivity index is 2.06. The van der Waals surface area contributed by atoms with E-state index in [9.17, 15) is 4.79 Å². The molecule has 24 heavy (non-hydrogen) atoms. The van der Waals surface area contributed by atoms with Crippen LogP contribution in [0.4, 0.5) is 0 Å². The molecule has 5 heteroatoms. The number of hydrogen-bond donors (Lipinski definition) is 0. The zero-order chi connectivity index (χ0) is 16.9. The van der Waals surface area contributed by atoms with Gasteiger partial charge in [0, 0.05) is 25.9 Å². The number of esters is 1. The van der Waals surface area contributed by atoms with Crippen molar-refractivity contribution in [3.05, 3.63) is 33.4 Å². The van der Waals surface area contributed by atoms with E-state index < -0.39 is 0 Å². The van der Waals surface area contributed by atoms with Gasteiger partial charge in [-0.15, -0.1) is 0 Å². The number of fused-ring (bicyclic) bond motifs is 4. The number of carbonyl (C=O) groups excluding carboxylic acids is 1. The van der Waals surface area contributed by atoms with Crippen LogP contribution >= 0.6 is 0 Å². The van der Waals surface area contributed by atoms with Crippen molar-refractivity contribution < 1.29 is 23.7 Å². The molecule has 2 aliphatic rings. The van der Waals surface area contributed by atoms with E-state index in [4.69, 9.17) is 18.9 Å². The summed E-state index contributed by atoms with van der Waals surface area (Å²) in [6.07, 6.45) is 4.42. The van der Waals surface area contributed by atoms with Crippen molar-refractivity contribution in [2.75, 3.05) is 20.3 Å².